The van der Waals surface area contributed by atoms with E-state index in [1.807, 2.05) is 0 Å². The summed E-state index contributed by atoms with van der Waals surface area (Å²) in [5.41, 5.74) is 4.30. The van der Waals surface area contributed by atoms with Crippen LogP contribution in [0.2, 0.25) is 0 Å². The van der Waals surface area contributed by atoms with Crippen molar-refractivity contribution < 1.29 is 0 Å². The summed E-state index contributed by atoms with van der Waals surface area (Å²) in [6.45, 7) is 6.81. The highest BCUT2D eigenvalue weighted by molar-refractivity contribution is 5.47. The molecule has 1 N–H and O–H groups in total. The minimum atomic E-state index is 0.575. The maximum Gasteiger partial charge on any atom is 0.0487 e. The van der Waals surface area contributed by atoms with Gasteiger partial charge in [-0.25, -0.2) is 0 Å². The molecule has 3 rings (SSSR count). The van der Waals surface area contributed by atoms with Crippen LogP contribution in [0, 0.1) is 0 Å². The molecule has 0 spiro atoms. The first kappa shape index (κ1) is 13.4. The van der Waals surface area contributed by atoms with Crippen molar-refractivity contribution in [1.29, 1.82) is 0 Å². The lowest BCUT2D eigenvalue weighted by atomic mass is 9.87. The molecule has 1 aliphatic rings. The SMILES string of the molecule is CC(C)c1ccc(C2CCNCC2)c(-n2cccc2)c1. The summed E-state index contributed by atoms with van der Waals surface area (Å²) in [6, 6.07) is 11.3. The zero-order valence-corrected chi connectivity index (χ0v) is 12.5. The van der Waals surface area contributed by atoms with Gasteiger partial charge in [-0.05, 0) is 67.1 Å². The Morgan fingerprint density at radius 3 is 2.45 bits per heavy atom. The van der Waals surface area contributed by atoms with E-state index < -0.39 is 0 Å². The Hall–Kier alpha value is -1.54. The van der Waals surface area contributed by atoms with Gasteiger partial charge in [0.15, 0.2) is 0 Å². The Balaban J connectivity index is 2.04. The van der Waals surface area contributed by atoms with Gasteiger partial charge in [-0.3, -0.25) is 0 Å². The molecular weight excluding hydrogens is 244 g/mol. The molecule has 2 nitrogen and oxygen atoms in total. The first-order valence-corrected chi connectivity index (χ1v) is 7.73. The Labute approximate surface area is 121 Å². The summed E-state index contributed by atoms with van der Waals surface area (Å²) in [5, 5.41) is 3.46. The van der Waals surface area contributed by atoms with Crippen molar-refractivity contribution in [2.24, 2.45) is 0 Å². The van der Waals surface area contributed by atoms with Crippen LogP contribution in [0.3, 0.4) is 0 Å². The second-order valence-corrected chi connectivity index (χ2v) is 6.09. The maximum absolute atomic E-state index is 3.46. The van der Waals surface area contributed by atoms with Crippen LogP contribution >= 0.6 is 0 Å². The number of nitrogens with one attached hydrogen (secondary N) is 1. The third-order valence-corrected chi connectivity index (χ3v) is 4.38. The molecule has 1 aliphatic heterocycles. The molecule has 0 saturated carbocycles. The maximum atomic E-state index is 3.46. The molecule has 1 fully saturated rings. The number of aromatic nitrogens is 1. The number of piperidine rings is 1. The number of hydrogen-bond acceptors (Lipinski definition) is 1. The first-order valence-electron chi connectivity index (χ1n) is 7.73. The lowest BCUT2D eigenvalue weighted by molar-refractivity contribution is 0.459. The smallest absolute Gasteiger partial charge is 0.0487 e. The number of benzene rings is 1. The van der Waals surface area contributed by atoms with Crippen molar-refractivity contribution in [2.45, 2.75) is 38.5 Å². The molecule has 0 atom stereocenters. The zero-order chi connectivity index (χ0) is 13.9. The van der Waals surface area contributed by atoms with E-state index in [0.29, 0.717) is 11.8 Å². The normalized spacial score (nSPS) is 16.8. The number of hydrogen-bond donors (Lipinski definition) is 1. The largest absolute Gasteiger partial charge is 0.324 e. The summed E-state index contributed by atoms with van der Waals surface area (Å²) in [7, 11) is 0. The Morgan fingerprint density at radius 1 is 1.10 bits per heavy atom. The third kappa shape index (κ3) is 2.66. The minimum Gasteiger partial charge on any atom is -0.324 e. The Morgan fingerprint density at radius 2 is 1.80 bits per heavy atom. The minimum absolute atomic E-state index is 0.575. The van der Waals surface area contributed by atoms with Crippen LogP contribution in [0.25, 0.3) is 5.69 Å². The second-order valence-electron chi connectivity index (χ2n) is 6.09. The first-order chi connectivity index (χ1) is 9.75. The Bertz CT molecular complexity index is 549. The van der Waals surface area contributed by atoms with Gasteiger partial charge in [0.2, 0.25) is 0 Å². The molecule has 2 heterocycles. The van der Waals surface area contributed by atoms with Gasteiger partial charge in [-0.15, -0.1) is 0 Å². The Kier molecular flexibility index (Phi) is 3.93. The molecule has 0 radical (unpaired) electrons. The predicted molar refractivity (Wildman–Crippen MR) is 84.7 cm³/mol. The van der Waals surface area contributed by atoms with E-state index in [9.17, 15) is 0 Å². The van der Waals surface area contributed by atoms with Crippen LogP contribution < -0.4 is 5.32 Å². The van der Waals surface area contributed by atoms with E-state index in [1.54, 1.807) is 0 Å². The quantitative estimate of drug-likeness (QED) is 0.888. The van der Waals surface area contributed by atoms with E-state index >= 15 is 0 Å². The van der Waals surface area contributed by atoms with Crippen LogP contribution in [0.1, 0.15) is 49.7 Å². The lowest BCUT2D eigenvalue weighted by Crippen LogP contribution is -2.27. The van der Waals surface area contributed by atoms with E-state index in [4.69, 9.17) is 0 Å². The van der Waals surface area contributed by atoms with Gasteiger partial charge >= 0.3 is 0 Å². The molecule has 0 bridgehead atoms. The highest BCUT2D eigenvalue weighted by atomic mass is 14.9. The van der Waals surface area contributed by atoms with Crippen molar-refractivity contribution >= 4 is 0 Å². The molecule has 0 unspecified atom stereocenters. The zero-order valence-electron chi connectivity index (χ0n) is 12.5. The fraction of sp³-hybridized carbons (Fsp3) is 0.444. The van der Waals surface area contributed by atoms with Gasteiger partial charge in [0.1, 0.15) is 0 Å². The average Bonchev–Trinajstić information content (AvgIpc) is 3.01. The molecule has 20 heavy (non-hydrogen) atoms. The summed E-state index contributed by atoms with van der Waals surface area (Å²) in [5.74, 6) is 1.27. The fourth-order valence-corrected chi connectivity index (χ4v) is 3.12. The van der Waals surface area contributed by atoms with Crippen molar-refractivity contribution in [3.63, 3.8) is 0 Å². The molecule has 0 amide bonds. The van der Waals surface area contributed by atoms with Gasteiger partial charge in [0.25, 0.3) is 0 Å². The average molecular weight is 268 g/mol. The lowest BCUT2D eigenvalue weighted by Gasteiger charge is -2.26. The van der Waals surface area contributed by atoms with Gasteiger partial charge < -0.3 is 9.88 Å². The summed E-state index contributed by atoms with van der Waals surface area (Å²) < 4.78 is 2.27. The van der Waals surface area contributed by atoms with Crippen LogP contribution in [0.4, 0.5) is 0 Å². The highest BCUT2D eigenvalue weighted by Crippen LogP contribution is 2.32. The standard InChI is InChI=1S/C18H24N2/c1-14(2)16-5-6-17(15-7-9-19-10-8-15)18(13-16)20-11-3-4-12-20/h3-6,11-15,19H,7-10H2,1-2H3. The van der Waals surface area contributed by atoms with Crippen LogP contribution in [-0.2, 0) is 0 Å². The van der Waals surface area contributed by atoms with Crippen molar-refractivity contribution in [2.75, 3.05) is 13.1 Å². The van der Waals surface area contributed by atoms with Gasteiger partial charge in [-0.2, -0.15) is 0 Å². The molecule has 106 valence electrons. The van der Waals surface area contributed by atoms with Gasteiger partial charge in [0, 0.05) is 18.1 Å². The van der Waals surface area contributed by atoms with E-state index in [0.717, 1.165) is 13.1 Å². The number of rotatable bonds is 3. The second kappa shape index (κ2) is 5.84. The van der Waals surface area contributed by atoms with E-state index in [-0.39, 0.29) is 0 Å². The predicted octanol–water partition coefficient (Wildman–Crippen LogP) is 4.07. The molecule has 1 aromatic heterocycles. The van der Waals surface area contributed by atoms with Crippen molar-refractivity contribution in [1.82, 2.24) is 9.88 Å². The molecular formula is C18H24N2. The molecule has 2 heteroatoms. The van der Waals surface area contributed by atoms with Crippen LogP contribution in [0.15, 0.2) is 42.7 Å². The topological polar surface area (TPSA) is 17.0 Å². The third-order valence-electron chi connectivity index (χ3n) is 4.38. The van der Waals surface area contributed by atoms with Gasteiger partial charge in [0.05, 0.1) is 0 Å². The highest BCUT2D eigenvalue weighted by Gasteiger charge is 2.19. The fourth-order valence-electron chi connectivity index (χ4n) is 3.12. The summed E-state index contributed by atoms with van der Waals surface area (Å²) in [6.07, 6.45) is 6.80. The van der Waals surface area contributed by atoms with E-state index in [2.05, 4.69) is 66.5 Å². The van der Waals surface area contributed by atoms with Crippen molar-refractivity contribution in [3.8, 4) is 5.69 Å². The van der Waals surface area contributed by atoms with Crippen molar-refractivity contribution in [3.05, 3.63) is 53.9 Å². The van der Waals surface area contributed by atoms with Crippen LogP contribution in [0.5, 0.6) is 0 Å². The molecule has 0 aliphatic carbocycles. The summed E-state index contributed by atoms with van der Waals surface area (Å²) >= 11 is 0. The molecule has 1 saturated heterocycles. The van der Waals surface area contributed by atoms with Gasteiger partial charge in [-0.1, -0.05) is 26.0 Å². The monoisotopic (exact) mass is 268 g/mol. The van der Waals surface area contributed by atoms with Crippen LogP contribution in [-0.4, -0.2) is 17.7 Å². The van der Waals surface area contributed by atoms with E-state index in [1.165, 1.54) is 29.7 Å². The molecule has 2 aromatic rings. The molecule has 1 aromatic carbocycles. The summed E-state index contributed by atoms with van der Waals surface area (Å²) in [4.78, 5) is 0. The number of nitrogens with zero attached hydrogens (tertiary/aromatic N) is 1.